The molecule has 0 bridgehead atoms. The molecule has 1 aliphatic heterocycles. The Morgan fingerprint density at radius 1 is 1.40 bits per heavy atom. The van der Waals surface area contributed by atoms with Crippen molar-refractivity contribution in [2.24, 2.45) is 5.92 Å². The summed E-state index contributed by atoms with van der Waals surface area (Å²) in [6.07, 6.45) is 2.19. The van der Waals surface area contributed by atoms with E-state index in [2.05, 4.69) is 6.92 Å². The minimum Gasteiger partial charge on any atom is -0.396 e. The lowest BCUT2D eigenvalue weighted by molar-refractivity contribution is -0.135. The van der Waals surface area contributed by atoms with Crippen LogP contribution in [0.25, 0.3) is 0 Å². The lowest BCUT2D eigenvalue weighted by Crippen LogP contribution is -2.47. The van der Waals surface area contributed by atoms with Gasteiger partial charge in [-0.3, -0.25) is 4.79 Å². The second-order valence-electron chi connectivity index (χ2n) is 5.43. The first kappa shape index (κ1) is 15.6. The minimum absolute atomic E-state index is 0.0554. The predicted octanol–water partition coefficient (Wildman–Crippen LogP) is 3.16. The summed E-state index contributed by atoms with van der Waals surface area (Å²) in [5, 5.41) is 10.4. The van der Waals surface area contributed by atoms with Gasteiger partial charge in [0.15, 0.2) is 0 Å². The quantitative estimate of drug-likeness (QED) is 0.930. The van der Waals surface area contributed by atoms with Crippen molar-refractivity contribution in [3.05, 3.63) is 33.8 Å². The zero-order valence-corrected chi connectivity index (χ0v) is 13.0. The highest BCUT2D eigenvalue weighted by atomic mass is 35.5. The number of aliphatic hydroxyl groups is 1. The molecule has 2 atom stereocenters. The topological polar surface area (TPSA) is 40.5 Å². The fraction of sp³-hybridized carbons (Fsp3) is 0.533. The van der Waals surface area contributed by atoms with Gasteiger partial charge in [0.2, 0.25) is 5.91 Å². The normalized spacial score (nSPS) is 22.9. The van der Waals surface area contributed by atoms with Crippen LogP contribution in [0.4, 0.5) is 0 Å². The van der Waals surface area contributed by atoms with E-state index in [1.165, 1.54) is 0 Å². The first-order valence-electron chi connectivity index (χ1n) is 6.85. The number of aliphatic hydroxyl groups excluding tert-OH is 1. The molecule has 1 amide bonds. The lowest BCUT2D eigenvalue weighted by atomic mass is 9.93. The number of likely N-dealkylation sites (tertiary alicyclic amines) is 1. The van der Waals surface area contributed by atoms with Crippen LogP contribution >= 0.6 is 23.2 Å². The second-order valence-corrected chi connectivity index (χ2v) is 6.28. The monoisotopic (exact) mass is 315 g/mol. The van der Waals surface area contributed by atoms with Crippen LogP contribution in [0.5, 0.6) is 0 Å². The molecule has 0 aliphatic carbocycles. The van der Waals surface area contributed by atoms with Gasteiger partial charge in [-0.25, -0.2) is 0 Å². The summed E-state index contributed by atoms with van der Waals surface area (Å²) in [5.74, 6) is 0.246. The predicted molar refractivity (Wildman–Crippen MR) is 81.2 cm³/mol. The molecule has 20 heavy (non-hydrogen) atoms. The number of piperidine rings is 1. The van der Waals surface area contributed by atoms with E-state index in [-0.39, 0.29) is 30.9 Å². The van der Waals surface area contributed by atoms with Gasteiger partial charge in [-0.2, -0.15) is 0 Å². The van der Waals surface area contributed by atoms with Gasteiger partial charge in [-0.15, -0.1) is 0 Å². The molecule has 1 N–H and O–H groups in total. The van der Waals surface area contributed by atoms with Crippen LogP contribution in [0.3, 0.4) is 0 Å². The molecule has 1 aromatic carbocycles. The summed E-state index contributed by atoms with van der Waals surface area (Å²) < 4.78 is 0. The van der Waals surface area contributed by atoms with Crippen molar-refractivity contribution >= 4 is 29.1 Å². The molecule has 1 aliphatic rings. The Labute approximate surface area is 129 Å². The molecule has 1 saturated heterocycles. The SMILES string of the molecule is CC1CCC(CO)CN1C(=O)Cc1ccc(Cl)cc1Cl. The summed E-state index contributed by atoms with van der Waals surface area (Å²) >= 11 is 12.0. The molecule has 0 spiro atoms. The standard InChI is InChI=1S/C15H19Cl2NO2/c1-10-2-3-11(9-19)8-18(10)15(20)6-12-4-5-13(16)7-14(12)17/h4-5,7,10-11,19H,2-3,6,8-9H2,1H3. The van der Waals surface area contributed by atoms with Crippen molar-refractivity contribution in [1.29, 1.82) is 0 Å². The van der Waals surface area contributed by atoms with Gasteiger partial charge < -0.3 is 10.0 Å². The van der Waals surface area contributed by atoms with Gasteiger partial charge in [0.25, 0.3) is 0 Å². The van der Waals surface area contributed by atoms with Gasteiger partial charge >= 0.3 is 0 Å². The van der Waals surface area contributed by atoms with E-state index >= 15 is 0 Å². The van der Waals surface area contributed by atoms with Crippen LogP contribution in [-0.2, 0) is 11.2 Å². The van der Waals surface area contributed by atoms with Gasteiger partial charge in [0.05, 0.1) is 6.42 Å². The Morgan fingerprint density at radius 2 is 2.15 bits per heavy atom. The molecule has 0 saturated carbocycles. The molecule has 5 heteroatoms. The van der Waals surface area contributed by atoms with Crippen LogP contribution in [0.15, 0.2) is 18.2 Å². The molecule has 3 nitrogen and oxygen atoms in total. The van der Waals surface area contributed by atoms with Crippen molar-refractivity contribution in [1.82, 2.24) is 4.90 Å². The second kappa shape index (κ2) is 6.79. The van der Waals surface area contributed by atoms with Crippen LogP contribution in [0, 0.1) is 5.92 Å². The molecule has 1 heterocycles. The Hall–Kier alpha value is -0.770. The summed E-state index contributed by atoms with van der Waals surface area (Å²) in [6, 6.07) is 5.41. The van der Waals surface area contributed by atoms with Crippen LogP contribution < -0.4 is 0 Å². The van der Waals surface area contributed by atoms with E-state index < -0.39 is 0 Å². The van der Waals surface area contributed by atoms with E-state index in [0.29, 0.717) is 16.6 Å². The molecule has 2 rings (SSSR count). The van der Waals surface area contributed by atoms with E-state index in [1.807, 2.05) is 4.90 Å². The third-order valence-corrected chi connectivity index (χ3v) is 4.50. The number of carbonyl (C=O) groups excluding carboxylic acids is 1. The van der Waals surface area contributed by atoms with Gasteiger partial charge in [0, 0.05) is 29.2 Å². The third-order valence-electron chi connectivity index (χ3n) is 3.91. The molecular formula is C15H19Cl2NO2. The van der Waals surface area contributed by atoms with Crippen molar-refractivity contribution in [2.75, 3.05) is 13.2 Å². The van der Waals surface area contributed by atoms with Crippen molar-refractivity contribution in [2.45, 2.75) is 32.2 Å². The van der Waals surface area contributed by atoms with Crippen LogP contribution in [-0.4, -0.2) is 35.1 Å². The largest absolute Gasteiger partial charge is 0.396 e. The first-order chi connectivity index (χ1) is 9.51. The zero-order valence-electron chi connectivity index (χ0n) is 11.5. The fourth-order valence-electron chi connectivity index (χ4n) is 2.61. The smallest absolute Gasteiger partial charge is 0.227 e. The number of hydrogen-bond acceptors (Lipinski definition) is 2. The number of rotatable bonds is 3. The minimum atomic E-state index is 0.0554. The summed E-state index contributed by atoms with van der Waals surface area (Å²) in [4.78, 5) is 14.3. The highest BCUT2D eigenvalue weighted by Crippen LogP contribution is 2.25. The molecule has 1 fully saturated rings. The summed E-state index contributed by atoms with van der Waals surface area (Å²) in [7, 11) is 0. The van der Waals surface area contributed by atoms with E-state index in [1.54, 1.807) is 18.2 Å². The summed E-state index contributed by atoms with van der Waals surface area (Å²) in [5.41, 5.74) is 0.791. The van der Waals surface area contributed by atoms with Gasteiger partial charge in [-0.1, -0.05) is 29.3 Å². The molecule has 1 aromatic rings. The van der Waals surface area contributed by atoms with E-state index in [0.717, 1.165) is 18.4 Å². The Kier molecular flexibility index (Phi) is 5.30. The highest BCUT2D eigenvalue weighted by molar-refractivity contribution is 6.35. The molecular weight excluding hydrogens is 297 g/mol. The molecule has 0 radical (unpaired) electrons. The van der Waals surface area contributed by atoms with Crippen molar-refractivity contribution < 1.29 is 9.90 Å². The number of hydrogen-bond donors (Lipinski definition) is 1. The van der Waals surface area contributed by atoms with Crippen LogP contribution in [0.2, 0.25) is 10.0 Å². The summed E-state index contributed by atoms with van der Waals surface area (Å²) in [6.45, 7) is 2.81. The van der Waals surface area contributed by atoms with E-state index in [4.69, 9.17) is 23.2 Å². The number of carbonyl (C=O) groups is 1. The Balaban J connectivity index is 2.06. The average Bonchev–Trinajstić information content (AvgIpc) is 2.42. The number of benzene rings is 1. The van der Waals surface area contributed by atoms with Crippen molar-refractivity contribution in [3.8, 4) is 0 Å². The maximum absolute atomic E-state index is 12.4. The van der Waals surface area contributed by atoms with Gasteiger partial charge in [0.1, 0.15) is 0 Å². The number of nitrogens with zero attached hydrogens (tertiary/aromatic N) is 1. The van der Waals surface area contributed by atoms with Gasteiger partial charge in [-0.05, 0) is 43.4 Å². The number of amides is 1. The Morgan fingerprint density at radius 3 is 2.80 bits per heavy atom. The lowest BCUT2D eigenvalue weighted by Gasteiger charge is -2.37. The van der Waals surface area contributed by atoms with Crippen LogP contribution in [0.1, 0.15) is 25.3 Å². The average molecular weight is 316 g/mol. The first-order valence-corrected chi connectivity index (χ1v) is 7.61. The third kappa shape index (κ3) is 3.66. The highest BCUT2D eigenvalue weighted by Gasteiger charge is 2.28. The fourth-order valence-corrected chi connectivity index (χ4v) is 3.08. The zero-order chi connectivity index (χ0) is 14.7. The van der Waals surface area contributed by atoms with Crippen molar-refractivity contribution in [3.63, 3.8) is 0 Å². The maximum atomic E-state index is 12.4. The van der Waals surface area contributed by atoms with E-state index in [9.17, 15) is 9.90 Å². The molecule has 2 unspecified atom stereocenters. The Bertz CT molecular complexity index is 493. The maximum Gasteiger partial charge on any atom is 0.227 e. The molecule has 0 aromatic heterocycles. The molecule has 110 valence electrons. The number of halogens is 2.